The van der Waals surface area contributed by atoms with Crippen LogP contribution in [0.25, 0.3) is 11.4 Å². The first-order valence-electron chi connectivity index (χ1n) is 11.8. The highest BCUT2D eigenvalue weighted by atomic mass is 32.2. The molecule has 1 aromatic heterocycles. The van der Waals surface area contributed by atoms with Crippen molar-refractivity contribution in [3.63, 3.8) is 0 Å². The monoisotopic (exact) mass is 482 g/mol. The van der Waals surface area contributed by atoms with E-state index in [1.807, 2.05) is 43.3 Å². The Morgan fingerprint density at radius 2 is 2.03 bits per heavy atom. The van der Waals surface area contributed by atoms with E-state index in [2.05, 4.69) is 20.4 Å². The Balaban J connectivity index is 1.12. The molecule has 1 N–H and O–H groups in total. The highest BCUT2D eigenvalue weighted by Crippen LogP contribution is 2.21. The van der Waals surface area contributed by atoms with Crippen LogP contribution in [0.1, 0.15) is 36.3 Å². The van der Waals surface area contributed by atoms with Gasteiger partial charge >= 0.3 is 0 Å². The molecule has 1 saturated heterocycles. The Morgan fingerprint density at radius 3 is 2.82 bits per heavy atom. The lowest BCUT2D eigenvalue weighted by atomic mass is 9.96. The summed E-state index contributed by atoms with van der Waals surface area (Å²) in [5, 5.41) is 7.18. The second-order valence-corrected chi connectivity index (χ2v) is 9.83. The van der Waals surface area contributed by atoms with E-state index in [0.29, 0.717) is 30.6 Å². The fourth-order valence-electron chi connectivity index (χ4n) is 4.09. The minimum Gasteiger partial charge on any atom is -0.356 e. The van der Waals surface area contributed by atoms with Gasteiger partial charge < -0.3 is 9.84 Å². The van der Waals surface area contributed by atoms with Gasteiger partial charge in [-0.25, -0.2) is 4.39 Å². The van der Waals surface area contributed by atoms with Gasteiger partial charge in [-0.15, -0.1) is 0 Å². The van der Waals surface area contributed by atoms with E-state index < -0.39 is 0 Å². The Labute approximate surface area is 204 Å². The first-order chi connectivity index (χ1) is 16.6. The van der Waals surface area contributed by atoms with Crippen LogP contribution in [0.3, 0.4) is 0 Å². The largest absolute Gasteiger partial charge is 0.356 e. The number of aryl methyl sites for hydroxylation is 1. The number of piperidine rings is 1. The minimum atomic E-state index is -0.152. The summed E-state index contributed by atoms with van der Waals surface area (Å²) < 4.78 is 19.1. The lowest BCUT2D eigenvalue weighted by Gasteiger charge is -2.30. The molecule has 3 aromatic rings. The van der Waals surface area contributed by atoms with Crippen molar-refractivity contribution in [3.8, 4) is 11.4 Å². The topological polar surface area (TPSA) is 71.3 Å². The molecule has 1 amide bonds. The van der Waals surface area contributed by atoms with Crippen molar-refractivity contribution >= 4 is 17.7 Å². The van der Waals surface area contributed by atoms with Crippen LogP contribution in [0, 0.1) is 18.7 Å². The molecule has 34 heavy (non-hydrogen) atoms. The summed E-state index contributed by atoms with van der Waals surface area (Å²) in [5.74, 6) is 2.80. The number of aromatic nitrogens is 2. The molecule has 8 heteroatoms. The number of likely N-dealkylation sites (tertiary alicyclic amines) is 1. The standard InChI is InChI=1S/C26H31FN4O2S/c1-19-6-4-8-21(16-19)25-29-24(33-30-25)17-31-13-10-20(11-14-31)26(32)28-12-5-15-34-18-22-7-2-3-9-23(22)27/h2-4,6-9,16,20H,5,10-15,17-18H2,1H3,(H,28,32). The number of halogens is 1. The number of hydrogen-bond acceptors (Lipinski definition) is 6. The third kappa shape index (κ3) is 6.90. The molecule has 1 aliphatic rings. The van der Waals surface area contributed by atoms with Gasteiger partial charge in [-0.3, -0.25) is 9.69 Å². The molecule has 0 saturated carbocycles. The van der Waals surface area contributed by atoms with E-state index in [0.717, 1.165) is 54.8 Å². The number of benzene rings is 2. The molecule has 0 unspecified atom stereocenters. The molecule has 4 rings (SSSR count). The van der Waals surface area contributed by atoms with Crippen LogP contribution in [-0.4, -0.2) is 46.3 Å². The van der Waals surface area contributed by atoms with Crippen molar-refractivity contribution in [2.45, 2.75) is 38.5 Å². The second kappa shape index (κ2) is 12.1. The molecule has 1 aliphatic heterocycles. The van der Waals surface area contributed by atoms with Crippen molar-refractivity contribution < 1.29 is 13.7 Å². The lowest BCUT2D eigenvalue weighted by molar-refractivity contribution is -0.126. The quantitative estimate of drug-likeness (QED) is 0.417. The van der Waals surface area contributed by atoms with Gasteiger partial charge in [-0.05, 0) is 62.7 Å². The number of rotatable bonds is 10. The summed E-state index contributed by atoms with van der Waals surface area (Å²) in [6, 6.07) is 14.9. The second-order valence-electron chi connectivity index (χ2n) is 8.72. The van der Waals surface area contributed by atoms with Gasteiger partial charge in [-0.2, -0.15) is 16.7 Å². The van der Waals surface area contributed by atoms with Crippen LogP contribution >= 0.6 is 11.8 Å². The van der Waals surface area contributed by atoms with E-state index in [-0.39, 0.29) is 17.6 Å². The molecule has 0 atom stereocenters. The van der Waals surface area contributed by atoms with Gasteiger partial charge in [0.25, 0.3) is 0 Å². The highest BCUT2D eigenvalue weighted by molar-refractivity contribution is 7.98. The van der Waals surface area contributed by atoms with Crippen molar-refractivity contribution in [3.05, 3.63) is 71.4 Å². The molecule has 0 aliphatic carbocycles. The van der Waals surface area contributed by atoms with E-state index in [4.69, 9.17) is 4.52 Å². The maximum atomic E-state index is 13.6. The maximum absolute atomic E-state index is 13.6. The van der Waals surface area contributed by atoms with Crippen LogP contribution < -0.4 is 5.32 Å². The Bertz CT molecular complexity index is 1080. The average molecular weight is 483 g/mol. The summed E-state index contributed by atoms with van der Waals surface area (Å²) in [5.41, 5.74) is 2.84. The van der Waals surface area contributed by atoms with E-state index >= 15 is 0 Å². The molecule has 0 radical (unpaired) electrons. The summed E-state index contributed by atoms with van der Waals surface area (Å²) in [7, 11) is 0. The molecular weight excluding hydrogens is 451 g/mol. The number of carbonyl (C=O) groups excluding carboxylic acids is 1. The Kier molecular flexibility index (Phi) is 8.71. The fourth-order valence-corrected chi connectivity index (χ4v) is 5.04. The van der Waals surface area contributed by atoms with Crippen LogP contribution in [-0.2, 0) is 17.1 Å². The number of carbonyl (C=O) groups is 1. The van der Waals surface area contributed by atoms with Crippen LogP contribution in [0.4, 0.5) is 4.39 Å². The zero-order valence-corrected chi connectivity index (χ0v) is 20.3. The summed E-state index contributed by atoms with van der Waals surface area (Å²) in [4.78, 5) is 19.3. The van der Waals surface area contributed by atoms with Gasteiger partial charge in [0.15, 0.2) is 0 Å². The predicted octanol–water partition coefficient (Wildman–Crippen LogP) is 4.84. The summed E-state index contributed by atoms with van der Waals surface area (Å²) >= 11 is 1.69. The SMILES string of the molecule is Cc1cccc(-c2noc(CN3CCC(C(=O)NCCCSCc4ccccc4F)CC3)n2)c1. The summed E-state index contributed by atoms with van der Waals surface area (Å²) in [6.07, 6.45) is 2.53. The van der Waals surface area contributed by atoms with Crippen molar-refractivity contribution in [2.75, 3.05) is 25.4 Å². The molecule has 2 heterocycles. The summed E-state index contributed by atoms with van der Waals surface area (Å²) in [6.45, 7) is 4.97. The third-order valence-corrected chi connectivity index (χ3v) is 7.13. The molecule has 2 aromatic carbocycles. The number of amides is 1. The van der Waals surface area contributed by atoms with Crippen molar-refractivity contribution in [2.24, 2.45) is 5.92 Å². The molecule has 6 nitrogen and oxygen atoms in total. The highest BCUT2D eigenvalue weighted by Gasteiger charge is 2.25. The normalized spacial score (nSPS) is 14.9. The zero-order valence-electron chi connectivity index (χ0n) is 19.5. The van der Waals surface area contributed by atoms with E-state index in [1.165, 1.54) is 6.07 Å². The van der Waals surface area contributed by atoms with Crippen LogP contribution in [0.2, 0.25) is 0 Å². The van der Waals surface area contributed by atoms with Gasteiger partial charge in [-0.1, -0.05) is 47.1 Å². The Hall–Kier alpha value is -2.71. The zero-order chi connectivity index (χ0) is 23.8. The predicted molar refractivity (Wildman–Crippen MR) is 133 cm³/mol. The number of nitrogens with one attached hydrogen (secondary N) is 1. The molecule has 1 fully saturated rings. The van der Waals surface area contributed by atoms with Crippen molar-refractivity contribution in [1.29, 1.82) is 0 Å². The van der Waals surface area contributed by atoms with Gasteiger partial charge in [0, 0.05) is 23.8 Å². The first kappa shape index (κ1) is 24.4. The lowest BCUT2D eigenvalue weighted by Crippen LogP contribution is -2.40. The molecule has 180 valence electrons. The van der Waals surface area contributed by atoms with Gasteiger partial charge in [0.05, 0.1) is 6.54 Å². The first-order valence-corrected chi connectivity index (χ1v) is 12.9. The Morgan fingerprint density at radius 1 is 1.21 bits per heavy atom. The van der Waals surface area contributed by atoms with Crippen molar-refractivity contribution in [1.82, 2.24) is 20.4 Å². The number of thioether (sulfide) groups is 1. The number of nitrogens with zero attached hydrogens (tertiary/aromatic N) is 3. The van der Waals surface area contributed by atoms with Gasteiger partial charge in [0.1, 0.15) is 5.82 Å². The maximum Gasteiger partial charge on any atom is 0.241 e. The van der Waals surface area contributed by atoms with Gasteiger partial charge in [0.2, 0.25) is 17.6 Å². The smallest absolute Gasteiger partial charge is 0.241 e. The molecule has 0 bridgehead atoms. The van der Waals surface area contributed by atoms with Crippen LogP contribution in [0.5, 0.6) is 0 Å². The van der Waals surface area contributed by atoms with E-state index in [1.54, 1.807) is 17.8 Å². The average Bonchev–Trinajstić information content (AvgIpc) is 3.31. The minimum absolute atomic E-state index is 0.0489. The van der Waals surface area contributed by atoms with Crippen LogP contribution in [0.15, 0.2) is 53.1 Å². The fraction of sp³-hybridized carbons (Fsp3) is 0.423. The molecule has 0 spiro atoms. The molecular formula is C26H31FN4O2S. The van der Waals surface area contributed by atoms with E-state index in [9.17, 15) is 9.18 Å². The third-order valence-electron chi connectivity index (χ3n) is 6.04. The number of hydrogen-bond donors (Lipinski definition) is 1.